The summed E-state index contributed by atoms with van der Waals surface area (Å²) >= 11 is 1.41. The van der Waals surface area contributed by atoms with Gasteiger partial charge in [0.05, 0.1) is 12.6 Å². The fourth-order valence-electron chi connectivity index (χ4n) is 3.70. The lowest BCUT2D eigenvalue weighted by molar-refractivity contribution is 0.259. The molecule has 0 amide bonds. The average Bonchev–Trinajstić information content (AvgIpc) is 2.78. The third kappa shape index (κ3) is 7.77. The number of hydrogen-bond acceptors (Lipinski definition) is 9. The smallest absolute Gasteiger partial charge is 0.304 e. The van der Waals surface area contributed by atoms with Crippen LogP contribution in [0.2, 0.25) is 0 Å². The van der Waals surface area contributed by atoms with Crippen LogP contribution in [0.15, 0.2) is 35.5 Å². The van der Waals surface area contributed by atoms with Gasteiger partial charge in [-0.1, -0.05) is 55.9 Å². The molecular weight excluding hydrogens is 474 g/mol. The van der Waals surface area contributed by atoms with Crippen LogP contribution in [0.25, 0.3) is 0 Å². The van der Waals surface area contributed by atoms with Gasteiger partial charge in [0.2, 0.25) is 11.9 Å². The van der Waals surface area contributed by atoms with Crippen molar-refractivity contribution in [1.29, 1.82) is 0 Å². The van der Waals surface area contributed by atoms with Crippen LogP contribution in [0.4, 0.5) is 11.9 Å². The van der Waals surface area contributed by atoms with E-state index in [1.165, 1.54) is 16.1 Å². The molecule has 1 aromatic carbocycles. The van der Waals surface area contributed by atoms with E-state index >= 15 is 0 Å². The highest BCUT2D eigenvalue weighted by molar-refractivity contribution is 7.99. The van der Waals surface area contributed by atoms with Crippen LogP contribution in [0, 0.1) is 5.92 Å². The van der Waals surface area contributed by atoms with E-state index in [-0.39, 0.29) is 35.8 Å². The number of rotatable bonds is 11. The Balaban J connectivity index is 1.86. The summed E-state index contributed by atoms with van der Waals surface area (Å²) in [5.74, 6) is 0.530. The number of benzene rings is 1. The Hall–Kier alpha value is -1.99. The highest BCUT2D eigenvalue weighted by atomic mass is 32.2. The molecule has 1 fully saturated rings. The molecule has 1 aliphatic rings. The molecule has 1 aliphatic heterocycles. The summed E-state index contributed by atoms with van der Waals surface area (Å²) in [5, 5.41) is 16.6. The van der Waals surface area contributed by atoms with Crippen molar-refractivity contribution in [3.05, 3.63) is 35.9 Å². The standard InChI is InChI=1S/C22H35N7O3S2/c1-15(2)12-19(14-30)24-20-25-21(28-34(31,32)29-11-10-23-16(3)13-29)27-22(26-20)33-17(4)18-8-6-5-7-9-18/h5-9,15-17,19,23,30H,10-14H2,1-4H3,(H2,24,25,26,27,28)/t16-,17?,19+/m0/s1. The predicted molar refractivity (Wildman–Crippen MR) is 136 cm³/mol. The Morgan fingerprint density at radius 3 is 2.53 bits per heavy atom. The molecule has 3 rings (SSSR count). The molecule has 0 radical (unpaired) electrons. The molecule has 3 atom stereocenters. The summed E-state index contributed by atoms with van der Waals surface area (Å²) in [6.07, 6.45) is 0.713. The molecule has 12 heteroatoms. The average molecular weight is 510 g/mol. The molecule has 0 spiro atoms. The molecule has 2 heterocycles. The largest absolute Gasteiger partial charge is 0.394 e. The molecule has 0 saturated carbocycles. The molecule has 34 heavy (non-hydrogen) atoms. The number of aromatic nitrogens is 3. The number of nitrogens with zero attached hydrogens (tertiary/aromatic N) is 4. The monoisotopic (exact) mass is 509 g/mol. The van der Waals surface area contributed by atoms with Gasteiger partial charge in [-0.15, -0.1) is 0 Å². The Morgan fingerprint density at radius 1 is 1.18 bits per heavy atom. The van der Waals surface area contributed by atoms with E-state index < -0.39 is 10.2 Å². The lowest BCUT2D eigenvalue weighted by Crippen LogP contribution is -2.52. The van der Waals surface area contributed by atoms with E-state index in [1.807, 2.05) is 44.2 Å². The molecule has 1 saturated heterocycles. The van der Waals surface area contributed by atoms with Gasteiger partial charge >= 0.3 is 10.2 Å². The van der Waals surface area contributed by atoms with Gasteiger partial charge in [-0.3, -0.25) is 0 Å². The first-order valence-corrected chi connectivity index (χ1v) is 13.8. The number of hydrogen-bond donors (Lipinski definition) is 4. The quantitative estimate of drug-likeness (QED) is 0.337. The van der Waals surface area contributed by atoms with Crippen molar-refractivity contribution in [2.45, 2.75) is 56.6 Å². The predicted octanol–water partition coefficient (Wildman–Crippen LogP) is 2.49. The molecule has 0 aliphatic carbocycles. The second-order valence-corrected chi connectivity index (χ2v) is 11.9. The maximum absolute atomic E-state index is 13.0. The topological polar surface area (TPSA) is 132 Å². The van der Waals surface area contributed by atoms with Crippen LogP contribution in [-0.4, -0.2) is 71.1 Å². The third-order valence-electron chi connectivity index (χ3n) is 5.37. The van der Waals surface area contributed by atoms with E-state index in [0.717, 1.165) is 5.56 Å². The minimum atomic E-state index is -3.83. The number of thioether (sulfide) groups is 1. The van der Waals surface area contributed by atoms with E-state index in [2.05, 4.69) is 44.2 Å². The third-order valence-corrected chi connectivity index (χ3v) is 7.84. The van der Waals surface area contributed by atoms with Gasteiger partial charge in [0.15, 0.2) is 5.16 Å². The maximum atomic E-state index is 13.0. The zero-order valence-electron chi connectivity index (χ0n) is 20.1. The van der Waals surface area contributed by atoms with E-state index in [4.69, 9.17) is 0 Å². The van der Waals surface area contributed by atoms with Gasteiger partial charge in [0.1, 0.15) is 0 Å². The summed E-state index contributed by atoms with van der Waals surface area (Å²) in [6, 6.07) is 9.75. The van der Waals surface area contributed by atoms with Crippen molar-refractivity contribution >= 4 is 33.9 Å². The molecule has 10 nitrogen and oxygen atoms in total. The van der Waals surface area contributed by atoms with Crippen molar-refractivity contribution in [3.8, 4) is 0 Å². The molecule has 1 aromatic heterocycles. The van der Waals surface area contributed by atoms with Gasteiger partial charge in [-0.05, 0) is 31.7 Å². The van der Waals surface area contributed by atoms with Crippen LogP contribution < -0.4 is 15.4 Å². The number of anilines is 2. The Bertz CT molecular complexity index is 1020. The van der Waals surface area contributed by atoms with E-state index in [9.17, 15) is 13.5 Å². The fourth-order valence-corrected chi connectivity index (χ4v) is 5.79. The summed E-state index contributed by atoms with van der Waals surface area (Å²) in [7, 11) is -3.83. The summed E-state index contributed by atoms with van der Waals surface area (Å²) in [6.45, 7) is 9.32. The highest BCUT2D eigenvalue weighted by Crippen LogP contribution is 2.33. The van der Waals surface area contributed by atoms with Gasteiger partial charge in [0.25, 0.3) is 0 Å². The fraction of sp³-hybridized carbons (Fsp3) is 0.591. The SMILES string of the molecule is CC(C)C[C@H](CO)Nc1nc(NS(=O)(=O)N2CCN[C@@H](C)C2)nc(SC(C)c2ccccc2)n1. The lowest BCUT2D eigenvalue weighted by atomic mass is 10.0. The zero-order valence-corrected chi connectivity index (χ0v) is 21.7. The van der Waals surface area contributed by atoms with Crippen LogP contribution in [0.3, 0.4) is 0 Å². The second kappa shape index (κ2) is 12.1. The van der Waals surface area contributed by atoms with Gasteiger partial charge in [-0.25, -0.2) is 4.72 Å². The molecule has 4 N–H and O–H groups in total. The summed E-state index contributed by atoms with van der Waals surface area (Å²) in [5.41, 5.74) is 1.10. The van der Waals surface area contributed by atoms with Crippen LogP contribution >= 0.6 is 11.8 Å². The normalized spacial score (nSPS) is 19.1. The van der Waals surface area contributed by atoms with Crippen molar-refractivity contribution in [3.63, 3.8) is 0 Å². The number of piperazine rings is 1. The second-order valence-electron chi connectivity index (χ2n) is 8.91. The number of aliphatic hydroxyl groups excluding tert-OH is 1. The van der Waals surface area contributed by atoms with E-state index in [1.54, 1.807) is 0 Å². The Labute approximate surface area is 206 Å². The lowest BCUT2D eigenvalue weighted by Gasteiger charge is -2.30. The Morgan fingerprint density at radius 2 is 1.88 bits per heavy atom. The minimum Gasteiger partial charge on any atom is -0.394 e. The van der Waals surface area contributed by atoms with Crippen LogP contribution in [0.5, 0.6) is 0 Å². The van der Waals surface area contributed by atoms with Crippen LogP contribution in [0.1, 0.15) is 44.9 Å². The molecule has 0 bridgehead atoms. The first-order valence-electron chi connectivity index (χ1n) is 11.5. The Kier molecular flexibility index (Phi) is 9.48. The minimum absolute atomic E-state index is 0.0410. The zero-order chi connectivity index (χ0) is 24.7. The summed E-state index contributed by atoms with van der Waals surface area (Å²) < 4.78 is 29.9. The van der Waals surface area contributed by atoms with Crippen molar-refractivity contribution < 1.29 is 13.5 Å². The van der Waals surface area contributed by atoms with Crippen molar-refractivity contribution in [2.75, 3.05) is 36.3 Å². The van der Waals surface area contributed by atoms with E-state index in [0.29, 0.717) is 37.1 Å². The molecule has 2 aromatic rings. The first kappa shape index (κ1) is 26.6. The van der Waals surface area contributed by atoms with Gasteiger partial charge in [0, 0.05) is 30.9 Å². The molecule has 188 valence electrons. The molecular formula is C22H35N7O3S2. The van der Waals surface area contributed by atoms with Gasteiger partial charge < -0.3 is 15.7 Å². The first-order chi connectivity index (χ1) is 16.2. The van der Waals surface area contributed by atoms with Crippen LogP contribution in [-0.2, 0) is 10.2 Å². The maximum Gasteiger partial charge on any atom is 0.304 e. The summed E-state index contributed by atoms with van der Waals surface area (Å²) in [4.78, 5) is 13.2. The van der Waals surface area contributed by atoms with Gasteiger partial charge in [-0.2, -0.15) is 27.7 Å². The number of aliphatic hydroxyl groups is 1. The van der Waals surface area contributed by atoms with Crippen molar-refractivity contribution in [2.24, 2.45) is 5.92 Å². The highest BCUT2D eigenvalue weighted by Gasteiger charge is 2.28. The number of nitrogens with one attached hydrogen (secondary N) is 3. The van der Waals surface area contributed by atoms with Crippen molar-refractivity contribution in [1.82, 2.24) is 24.6 Å². The molecule has 1 unspecified atom stereocenters.